The molecule has 0 aliphatic rings. The van der Waals surface area contributed by atoms with Gasteiger partial charge >= 0.3 is 0 Å². The maximum Gasteiger partial charge on any atom is 0.130 e. The number of anilines is 1. The molecule has 2 nitrogen and oxygen atoms in total. The molecule has 2 rings (SSSR count). The number of nitrogens with one attached hydrogen (secondary N) is 1. The largest absolute Gasteiger partial charge is 0.370 e. The van der Waals surface area contributed by atoms with Gasteiger partial charge in [0.25, 0.3) is 0 Å². The van der Waals surface area contributed by atoms with Gasteiger partial charge in [0.2, 0.25) is 0 Å². The van der Waals surface area contributed by atoms with Gasteiger partial charge in [0.15, 0.2) is 0 Å². The van der Waals surface area contributed by atoms with Gasteiger partial charge in [-0.15, -0.1) is 0 Å². The van der Waals surface area contributed by atoms with Gasteiger partial charge in [-0.05, 0) is 30.4 Å². The molecule has 0 aliphatic carbocycles. The number of fused-ring (bicyclic) bond motifs is 1. The number of aromatic nitrogens is 1. The van der Waals surface area contributed by atoms with E-state index in [1.807, 2.05) is 0 Å². The number of aryl methyl sites for hydroxylation is 1. The Kier molecular flexibility index (Phi) is 4.32. The molecule has 2 heteroatoms. The van der Waals surface area contributed by atoms with Crippen molar-refractivity contribution in [3.05, 3.63) is 35.4 Å². The molecule has 1 heterocycles. The lowest BCUT2D eigenvalue weighted by molar-refractivity contribution is 0.590. The Hall–Kier alpha value is -1.57. The molecule has 0 amide bonds. The molecule has 108 valence electrons. The van der Waals surface area contributed by atoms with Crippen LogP contribution < -0.4 is 5.32 Å². The Labute approximate surface area is 122 Å². The summed E-state index contributed by atoms with van der Waals surface area (Å²) in [6.07, 6.45) is 2.24. The maximum absolute atomic E-state index is 4.94. The zero-order valence-corrected chi connectivity index (χ0v) is 13.4. The summed E-state index contributed by atoms with van der Waals surface area (Å²) in [6, 6.07) is 8.83. The average molecular weight is 270 g/mol. The van der Waals surface area contributed by atoms with Crippen LogP contribution in [0.3, 0.4) is 0 Å². The maximum atomic E-state index is 4.94. The van der Waals surface area contributed by atoms with E-state index in [1.54, 1.807) is 0 Å². The second-order valence-electron chi connectivity index (χ2n) is 6.40. The predicted octanol–water partition coefficient (Wildman–Crippen LogP) is 4.92. The summed E-state index contributed by atoms with van der Waals surface area (Å²) < 4.78 is 0. The average Bonchev–Trinajstić information content (AvgIpc) is 2.38. The van der Waals surface area contributed by atoms with Crippen LogP contribution >= 0.6 is 0 Å². The van der Waals surface area contributed by atoms with Gasteiger partial charge in [0.05, 0.1) is 5.52 Å². The Bertz CT molecular complexity index is 594. The first-order valence-electron chi connectivity index (χ1n) is 7.64. The van der Waals surface area contributed by atoms with Crippen LogP contribution in [0.5, 0.6) is 0 Å². The van der Waals surface area contributed by atoms with Gasteiger partial charge in [0, 0.05) is 17.5 Å². The highest BCUT2D eigenvalue weighted by Crippen LogP contribution is 2.32. The van der Waals surface area contributed by atoms with Gasteiger partial charge in [-0.3, -0.25) is 0 Å². The Balaban J connectivity index is 2.68. The monoisotopic (exact) mass is 270 g/mol. The molecule has 0 unspecified atom stereocenters. The van der Waals surface area contributed by atoms with Gasteiger partial charge in [-0.25, -0.2) is 4.98 Å². The van der Waals surface area contributed by atoms with E-state index in [0.717, 1.165) is 30.7 Å². The van der Waals surface area contributed by atoms with Crippen molar-refractivity contribution in [1.82, 2.24) is 4.98 Å². The molecule has 0 bridgehead atoms. The van der Waals surface area contributed by atoms with Gasteiger partial charge < -0.3 is 5.32 Å². The predicted molar refractivity (Wildman–Crippen MR) is 88.6 cm³/mol. The van der Waals surface area contributed by atoms with Crippen molar-refractivity contribution in [2.75, 3.05) is 11.9 Å². The third-order valence-electron chi connectivity index (χ3n) is 3.60. The lowest BCUT2D eigenvalue weighted by Crippen LogP contribution is -2.16. The van der Waals surface area contributed by atoms with Crippen molar-refractivity contribution in [2.24, 2.45) is 0 Å². The molecule has 0 aliphatic heterocycles. The second-order valence-corrected chi connectivity index (χ2v) is 6.40. The number of hydrogen-bond acceptors (Lipinski definition) is 2. The number of benzene rings is 1. The SMILES string of the molecule is CCCc1cccc2cc(C(C)(C)C)c(NCC)nc12. The first-order valence-corrected chi connectivity index (χ1v) is 7.64. The number of para-hydroxylation sites is 1. The molecule has 0 saturated heterocycles. The number of pyridine rings is 1. The second kappa shape index (κ2) is 5.82. The molecule has 0 atom stereocenters. The summed E-state index contributed by atoms with van der Waals surface area (Å²) >= 11 is 0. The Morgan fingerprint density at radius 1 is 1.15 bits per heavy atom. The Morgan fingerprint density at radius 3 is 2.50 bits per heavy atom. The van der Waals surface area contributed by atoms with Crippen LogP contribution in [-0.2, 0) is 11.8 Å². The first kappa shape index (κ1) is 14.8. The van der Waals surface area contributed by atoms with Crippen molar-refractivity contribution in [2.45, 2.75) is 52.9 Å². The molecule has 0 saturated carbocycles. The van der Waals surface area contributed by atoms with Crippen molar-refractivity contribution < 1.29 is 0 Å². The first-order chi connectivity index (χ1) is 9.47. The van der Waals surface area contributed by atoms with Crippen molar-refractivity contribution in [1.29, 1.82) is 0 Å². The highest BCUT2D eigenvalue weighted by atomic mass is 15.0. The third kappa shape index (κ3) is 2.95. The van der Waals surface area contributed by atoms with Crippen molar-refractivity contribution in [3.63, 3.8) is 0 Å². The van der Waals surface area contributed by atoms with Crippen LogP contribution in [0.4, 0.5) is 5.82 Å². The van der Waals surface area contributed by atoms with Crippen LogP contribution in [0.1, 0.15) is 52.2 Å². The van der Waals surface area contributed by atoms with Crippen LogP contribution in [0.15, 0.2) is 24.3 Å². The van der Waals surface area contributed by atoms with Crippen LogP contribution in [0.2, 0.25) is 0 Å². The molecule has 1 aromatic carbocycles. The highest BCUT2D eigenvalue weighted by molar-refractivity contribution is 5.85. The summed E-state index contributed by atoms with van der Waals surface area (Å²) in [5, 5.41) is 4.69. The van der Waals surface area contributed by atoms with E-state index in [9.17, 15) is 0 Å². The van der Waals surface area contributed by atoms with Crippen molar-refractivity contribution >= 4 is 16.7 Å². The van der Waals surface area contributed by atoms with E-state index < -0.39 is 0 Å². The lowest BCUT2D eigenvalue weighted by atomic mass is 9.86. The van der Waals surface area contributed by atoms with E-state index in [-0.39, 0.29) is 5.41 Å². The van der Waals surface area contributed by atoms with Crippen molar-refractivity contribution in [3.8, 4) is 0 Å². The molecule has 0 radical (unpaired) electrons. The van der Waals surface area contributed by atoms with Gasteiger partial charge in [-0.2, -0.15) is 0 Å². The van der Waals surface area contributed by atoms with Gasteiger partial charge in [-0.1, -0.05) is 52.3 Å². The molecule has 1 aromatic heterocycles. The molecule has 20 heavy (non-hydrogen) atoms. The van der Waals surface area contributed by atoms with E-state index in [1.165, 1.54) is 16.5 Å². The van der Waals surface area contributed by atoms with Crippen LogP contribution in [-0.4, -0.2) is 11.5 Å². The van der Waals surface area contributed by atoms with Crippen LogP contribution in [0.25, 0.3) is 10.9 Å². The standard InChI is InChI=1S/C18H26N2/c1-6-9-13-10-8-11-14-12-15(18(3,4)5)17(19-7-2)20-16(13)14/h8,10-12H,6-7,9H2,1-5H3,(H,19,20). The van der Waals surface area contributed by atoms with Gasteiger partial charge in [0.1, 0.15) is 5.82 Å². The molecule has 2 aromatic rings. The number of hydrogen-bond donors (Lipinski definition) is 1. The molecule has 0 fully saturated rings. The number of nitrogens with zero attached hydrogens (tertiary/aromatic N) is 1. The highest BCUT2D eigenvalue weighted by Gasteiger charge is 2.20. The van der Waals surface area contributed by atoms with E-state index in [0.29, 0.717) is 0 Å². The topological polar surface area (TPSA) is 24.9 Å². The van der Waals surface area contributed by atoms with Crippen LogP contribution in [0, 0.1) is 0 Å². The van der Waals surface area contributed by atoms with E-state index in [4.69, 9.17) is 4.98 Å². The van der Waals surface area contributed by atoms with E-state index >= 15 is 0 Å². The van der Waals surface area contributed by atoms with E-state index in [2.05, 4.69) is 64.2 Å². The smallest absolute Gasteiger partial charge is 0.130 e. The summed E-state index contributed by atoms with van der Waals surface area (Å²) in [5.41, 5.74) is 3.89. The summed E-state index contributed by atoms with van der Waals surface area (Å²) in [4.78, 5) is 4.94. The number of rotatable bonds is 4. The molecule has 0 spiro atoms. The summed E-state index contributed by atoms with van der Waals surface area (Å²) in [5.74, 6) is 1.04. The lowest BCUT2D eigenvalue weighted by Gasteiger charge is -2.23. The minimum atomic E-state index is 0.0967. The minimum absolute atomic E-state index is 0.0967. The molecule has 1 N–H and O–H groups in total. The zero-order valence-electron chi connectivity index (χ0n) is 13.4. The fraction of sp³-hybridized carbons (Fsp3) is 0.500. The quantitative estimate of drug-likeness (QED) is 0.853. The minimum Gasteiger partial charge on any atom is -0.370 e. The zero-order chi connectivity index (χ0) is 14.8. The fourth-order valence-corrected chi connectivity index (χ4v) is 2.60. The molecular formula is C18H26N2. The normalized spacial score (nSPS) is 11.8. The third-order valence-corrected chi connectivity index (χ3v) is 3.60. The fourth-order valence-electron chi connectivity index (χ4n) is 2.60. The Morgan fingerprint density at radius 2 is 1.90 bits per heavy atom. The summed E-state index contributed by atoms with van der Waals surface area (Å²) in [7, 11) is 0. The summed E-state index contributed by atoms with van der Waals surface area (Å²) in [6.45, 7) is 12.0. The molecular weight excluding hydrogens is 244 g/mol.